The van der Waals surface area contributed by atoms with Crippen molar-refractivity contribution >= 4 is 11.6 Å². The molecule has 1 amide bonds. The van der Waals surface area contributed by atoms with Crippen LogP contribution in [0.2, 0.25) is 0 Å². The normalized spacial score (nSPS) is 16.6. The van der Waals surface area contributed by atoms with E-state index in [1.54, 1.807) is 6.20 Å². The molecular formula is C19H23N3O3. The van der Waals surface area contributed by atoms with E-state index in [0.29, 0.717) is 23.6 Å². The molecule has 1 aromatic heterocycles. The molecule has 1 aliphatic heterocycles. The molecule has 2 aromatic rings. The molecule has 1 saturated heterocycles. The summed E-state index contributed by atoms with van der Waals surface area (Å²) in [5.74, 6) is 0.414. The third kappa shape index (κ3) is 4.54. The number of amides is 1. The summed E-state index contributed by atoms with van der Waals surface area (Å²) in [5, 5.41) is 2.92. The maximum Gasteiger partial charge on any atom is 0.259 e. The Morgan fingerprint density at radius 2 is 2.28 bits per heavy atom. The predicted molar refractivity (Wildman–Crippen MR) is 94.9 cm³/mol. The lowest BCUT2D eigenvalue weighted by Crippen LogP contribution is -2.19. The molecule has 0 aliphatic carbocycles. The standard InChI is InChI=1S/C19H23N3O3/c1-2-6-16-15(11-20-13-21-16)19(23)22-17-8-3-4-9-18(17)25-12-14-7-5-10-24-14/h3-4,8-9,11,13-14H,2,5-7,10,12H2,1H3,(H,22,23). The number of anilines is 1. The van der Waals surface area contributed by atoms with Gasteiger partial charge in [-0.2, -0.15) is 0 Å². The summed E-state index contributed by atoms with van der Waals surface area (Å²) < 4.78 is 11.4. The Morgan fingerprint density at radius 1 is 1.40 bits per heavy atom. The van der Waals surface area contributed by atoms with Crippen molar-refractivity contribution in [2.24, 2.45) is 0 Å². The smallest absolute Gasteiger partial charge is 0.259 e. The summed E-state index contributed by atoms with van der Waals surface area (Å²) in [6, 6.07) is 7.42. The minimum atomic E-state index is -0.225. The number of hydrogen-bond acceptors (Lipinski definition) is 5. The van der Waals surface area contributed by atoms with Gasteiger partial charge in [-0.1, -0.05) is 25.5 Å². The topological polar surface area (TPSA) is 73.3 Å². The predicted octanol–water partition coefficient (Wildman–Crippen LogP) is 3.24. The summed E-state index contributed by atoms with van der Waals surface area (Å²) in [4.78, 5) is 20.9. The maximum absolute atomic E-state index is 12.7. The van der Waals surface area contributed by atoms with Gasteiger partial charge < -0.3 is 14.8 Å². The first-order valence-corrected chi connectivity index (χ1v) is 8.71. The van der Waals surface area contributed by atoms with Gasteiger partial charge in [0.25, 0.3) is 5.91 Å². The molecule has 1 aromatic carbocycles. The number of aryl methyl sites for hydroxylation is 1. The minimum absolute atomic E-state index is 0.127. The average molecular weight is 341 g/mol. The third-order valence-corrected chi connectivity index (χ3v) is 4.11. The Morgan fingerprint density at radius 3 is 3.08 bits per heavy atom. The van der Waals surface area contributed by atoms with Gasteiger partial charge in [-0.05, 0) is 31.4 Å². The highest BCUT2D eigenvalue weighted by molar-refractivity contribution is 6.05. The van der Waals surface area contributed by atoms with E-state index in [9.17, 15) is 4.79 Å². The van der Waals surface area contributed by atoms with Gasteiger partial charge in [-0.15, -0.1) is 0 Å². The number of hydrogen-bond donors (Lipinski definition) is 1. The van der Waals surface area contributed by atoms with Crippen molar-refractivity contribution in [2.75, 3.05) is 18.5 Å². The first-order chi connectivity index (χ1) is 12.3. The van der Waals surface area contributed by atoms with Gasteiger partial charge in [-0.3, -0.25) is 4.79 Å². The lowest BCUT2D eigenvalue weighted by atomic mass is 10.1. The number of aromatic nitrogens is 2. The van der Waals surface area contributed by atoms with Crippen molar-refractivity contribution in [3.63, 3.8) is 0 Å². The Kier molecular flexibility index (Phi) is 5.95. The lowest BCUT2D eigenvalue weighted by molar-refractivity contribution is 0.0682. The Hall–Kier alpha value is -2.47. The van der Waals surface area contributed by atoms with Gasteiger partial charge in [0, 0.05) is 12.8 Å². The number of rotatable bonds is 7. The fraction of sp³-hybridized carbons (Fsp3) is 0.421. The van der Waals surface area contributed by atoms with Crippen molar-refractivity contribution in [1.29, 1.82) is 0 Å². The van der Waals surface area contributed by atoms with Crippen molar-refractivity contribution in [3.05, 3.63) is 48.0 Å². The van der Waals surface area contributed by atoms with Crippen LogP contribution in [0, 0.1) is 0 Å². The molecule has 6 heteroatoms. The molecule has 132 valence electrons. The summed E-state index contributed by atoms with van der Waals surface area (Å²) in [6.45, 7) is 3.33. The zero-order valence-electron chi connectivity index (χ0n) is 14.4. The van der Waals surface area contributed by atoms with E-state index in [1.807, 2.05) is 24.3 Å². The van der Waals surface area contributed by atoms with E-state index in [-0.39, 0.29) is 12.0 Å². The highest BCUT2D eigenvalue weighted by Crippen LogP contribution is 2.26. The molecule has 0 spiro atoms. The van der Waals surface area contributed by atoms with Gasteiger partial charge in [0.15, 0.2) is 0 Å². The first kappa shape index (κ1) is 17.4. The summed E-state index contributed by atoms with van der Waals surface area (Å²) in [7, 11) is 0. The third-order valence-electron chi connectivity index (χ3n) is 4.11. The van der Waals surface area contributed by atoms with Crippen LogP contribution in [-0.2, 0) is 11.2 Å². The van der Waals surface area contributed by atoms with E-state index in [0.717, 1.165) is 38.0 Å². The second-order valence-electron chi connectivity index (χ2n) is 6.03. The van der Waals surface area contributed by atoms with Crippen LogP contribution < -0.4 is 10.1 Å². The monoisotopic (exact) mass is 341 g/mol. The number of benzene rings is 1. The SMILES string of the molecule is CCCc1ncncc1C(=O)Nc1ccccc1OCC1CCCO1. The van der Waals surface area contributed by atoms with Crippen LogP contribution in [0.4, 0.5) is 5.69 Å². The molecule has 6 nitrogen and oxygen atoms in total. The number of ether oxygens (including phenoxy) is 2. The van der Waals surface area contributed by atoms with Crippen molar-refractivity contribution in [2.45, 2.75) is 38.7 Å². The van der Waals surface area contributed by atoms with Crippen molar-refractivity contribution in [3.8, 4) is 5.75 Å². The van der Waals surface area contributed by atoms with Crippen LogP contribution in [0.3, 0.4) is 0 Å². The summed E-state index contributed by atoms with van der Waals surface area (Å²) >= 11 is 0. The molecule has 0 saturated carbocycles. The van der Waals surface area contributed by atoms with E-state index < -0.39 is 0 Å². The molecule has 2 heterocycles. The Balaban J connectivity index is 1.71. The van der Waals surface area contributed by atoms with Crippen LogP contribution in [0.25, 0.3) is 0 Å². The average Bonchev–Trinajstić information content (AvgIpc) is 3.15. The fourth-order valence-corrected chi connectivity index (χ4v) is 2.82. The fourth-order valence-electron chi connectivity index (χ4n) is 2.82. The lowest BCUT2D eigenvalue weighted by Gasteiger charge is -2.15. The Bertz CT molecular complexity index is 715. The highest BCUT2D eigenvalue weighted by atomic mass is 16.5. The van der Waals surface area contributed by atoms with E-state index >= 15 is 0 Å². The van der Waals surface area contributed by atoms with Gasteiger partial charge in [0.1, 0.15) is 18.7 Å². The molecule has 0 radical (unpaired) electrons. The van der Waals surface area contributed by atoms with Gasteiger partial charge in [0.05, 0.1) is 23.0 Å². The number of carbonyl (C=O) groups is 1. The van der Waals surface area contributed by atoms with E-state index in [2.05, 4.69) is 22.2 Å². The molecule has 1 fully saturated rings. The summed E-state index contributed by atoms with van der Waals surface area (Å²) in [6.07, 6.45) is 6.89. The van der Waals surface area contributed by atoms with E-state index in [1.165, 1.54) is 6.33 Å². The quantitative estimate of drug-likeness (QED) is 0.837. The zero-order chi connectivity index (χ0) is 17.5. The molecule has 1 unspecified atom stereocenters. The first-order valence-electron chi connectivity index (χ1n) is 8.71. The molecule has 0 bridgehead atoms. The minimum Gasteiger partial charge on any atom is -0.489 e. The van der Waals surface area contributed by atoms with Gasteiger partial charge >= 0.3 is 0 Å². The van der Waals surface area contributed by atoms with E-state index in [4.69, 9.17) is 9.47 Å². The largest absolute Gasteiger partial charge is 0.489 e. The van der Waals surface area contributed by atoms with Gasteiger partial charge in [-0.25, -0.2) is 9.97 Å². The van der Waals surface area contributed by atoms with Crippen molar-refractivity contribution in [1.82, 2.24) is 9.97 Å². The maximum atomic E-state index is 12.7. The summed E-state index contributed by atoms with van der Waals surface area (Å²) in [5.41, 5.74) is 1.89. The molecule has 1 N–H and O–H groups in total. The molecule has 1 atom stereocenters. The van der Waals surface area contributed by atoms with Crippen LogP contribution >= 0.6 is 0 Å². The Labute approximate surface area is 147 Å². The number of carbonyl (C=O) groups excluding carboxylic acids is 1. The number of nitrogens with one attached hydrogen (secondary N) is 1. The van der Waals surface area contributed by atoms with Crippen LogP contribution in [0.1, 0.15) is 42.2 Å². The second-order valence-corrected chi connectivity index (χ2v) is 6.03. The van der Waals surface area contributed by atoms with Crippen LogP contribution in [-0.4, -0.2) is 35.2 Å². The van der Waals surface area contributed by atoms with Crippen LogP contribution in [0.15, 0.2) is 36.8 Å². The van der Waals surface area contributed by atoms with Crippen molar-refractivity contribution < 1.29 is 14.3 Å². The van der Waals surface area contributed by atoms with Gasteiger partial charge in [0.2, 0.25) is 0 Å². The molecular weight excluding hydrogens is 318 g/mol. The number of nitrogens with zero attached hydrogens (tertiary/aromatic N) is 2. The molecule has 1 aliphatic rings. The molecule has 25 heavy (non-hydrogen) atoms. The number of para-hydroxylation sites is 2. The molecule has 3 rings (SSSR count). The highest BCUT2D eigenvalue weighted by Gasteiger charge is 2.18. The second kappa shape index (κ2) is 8.58. The van der Waals surface area contributed by atoms with Crippen LogP contribution in [0.5, 0.6) is 5.75 Å². The zero-order valence-corrected chi connectivity index (χ0v) is 14.4.